The molecular formula is C15H22N4S. The van der Waals surface area contributed by atoms with E-state index in [1.807, 2.05) is 0 Å². The van der Waals surface area contributed by atoms with Crippen LogP contribution in [0.1, 0.15) is 43.0 Å². The maximum atomic E-state index is 9.23. The molecule has 0 amide bonds. The normalized spacial score (nSPS) is 20.4. The molecule has 1 saturated carbocycles. The summed E-state index contributed by atoms with van der Waals surface area (Å²) in [6, 6.07) is 2.88. The molecule has 0 radical (unpaired) electrons. The smallest absolute Gasteiger partial charge is 0.130 e. The second-order valence-electron chi connectivity index (χ2n) is 6.07. The van der Waals surface area contributed by atoms with Gasteiger partial charge in [-0.25, -0.2) is 0 Å². The first-order valence-electron chi connectivity index (χ1n) is 7.43. The lowest BCUT2D eigenvalue weighted by Crippen LogP contribution is -2.48. The molecule has 0 aromatic carbocycles. The zero-order chi connectivity index (χ0) is 14.3. The average Bonchev–Trinajstić information content (AvgIpc) is 3.22. The maximum Gasteiger partial charge on any atom is 0.130 e. The fraction of sp³-hybridized carbons (Fsp3) is 0.667. The molecule has 3 rings (SSSR count). The van der Waals surface area contributed by atoms with Crippen molar-refractivity contribution in [3.05, 3.63) is 10.4 Å². The fourth-order valence-electron chi connectivity index (χ4n) is 2.97. The molecular weight excluding hydrogens is 268 g/mol. The second kappa shape index (κ2) is 5.27. The van der Waals surface area contributed by atoms with E-state index in [9.17, 15) is 5.26 Å². The van der Waals surface area contributed by atoms with Gasteiger partial charge >= 0.3 is 0 Å². The van der Waals surface area contributed by atoms with Crippen LogP contribution in [0.2, 0.25) is 0 Å². The number of thiophene rings is 1. The van der Waals surface area contributed by atoms with E-state index < -0.39 is 0 Å². The molecule has 2 aliphatic rings. The molecule has 20 heavy (non-hydrogen) atoms. The Kier molecular flexibility index (Phi) is 3.61. The summed E-state index contributed by atoms with van der Waals surface area (Å²) in [7, 11) is 0. The minimum Gasteiger partial charge on any atom is -0.397 e. The van der Waals surface area contributed by atoms with Crippen LogP contribution in [0.5, 0.6) is 0 Å². The Balaban J connectivity index is 1.83. The van der Waals surface area contributed by atoms with Crippen molar-refractivity contribution < 1.29 is 0 Å². The molecule has 4 nitrogen and oxygen atoms in total. The minimum absolute atomic E-state index is 0.603. The van der Waals surface area contributed by atoms with E-state index in [1.54, 1.807) is 11.3 Å². The predicted octanol–water partition coefficient (Wildman–Crippen LogP) is 2.61. The van der Waals surface area contributed by atoms with Gasteiger partial charge in [0.05, 0.1) is 10.7 Å². The van der Waals surface area contributed by atoms with Crippen LogP contribution in [0.3, 0.4) is 0 Å². The van der Waals surface area contributed by atoms with Crippen LogP contribution in [-0.4, -0.2) is 37.1 Å². The third-order valence-corrected chi connectivity index (χ3v) is 5.57. The largest absolute Gasteiger partial charge is 0.397 e. The number of hydrogen-bond donors (Lipinski definition) is 1. The van der Waals surface area contributed by atoms with Gasteiger partial charge in [-0.3, -0.25) is 4.90 Å². The van der Waals surface area contributed by atoms with Gasteiger partial charge in [0.25, 0.3) is 0 Å². The van der Waals surface area contributed by atoms with Crippen LogP contribution in [0.25, 0.3) is 0 Å². The average molecular weight is 290 g/mol. The highest BCUT2D eigenvalue weighted by Crippen LogP contribution is 2.51. The summed E-state index contributed by atoms with van der Waals surface area (Å²) >= 11 is 1.59. The number of nitrogens with two attached hydrogens (primary N) is 1. The lowest BCUT2D eigenvalue weighted by Gasteiger charge is -2.38. The Labute approximate surface area is 124 Å². The SMILES string of the molecule is CC(C)N1CCN(c2sc(C#N)c(N)c2C2CC2)CC1. The van der Waals surface area contributed by atoms with Gasteiger partial charge in [-0.2, -0.15) is 5.26 Å². The van der Waals surface area contributed by atoms with Crippen molar-refractivity contribution in [2.75, 3.05) is 36.8 Å². The first kappa shape index (κ1) is 13.7. The molecule has 0 bridgehead atoms. The number of hydrogen-bond acceptors (Lipinski definition) is 5. The van der Waals surface area contributed by atoms with Gasteiger partial charge in [-0.05, 0) is 32.6 Å². The summed E-state index contributed by atoms with van der Waals surface area (Å²) in [6.45, 7) is 8.79. The van der Waals surface area contributed by atoms with E-state index in [-0.39, 0.29) is 0 Å². The van der Waals surface area contributed by atoms with Crippen molar-refractivity contribution in [3.8, 4) is 6.07 Å². The van der Waals surface area contributed by atoms with E-state index in [1.165, 1.54) is 23.4 Å². The zero-order valence-electron chi connectivity index (χ0n) is 12.2. The minimum atomic E-state index is 0.603. The number of rotatable bonds is 3. The third-order valence-electron chi connectivity index (χ3n) is 4.38. The third kappa shape index (κ3) is 2.38. The zero-order valence-corrected chi connectivity index (χ0v) is 13.0. The quantitative estimate of drug-likeness (QED) is 0.929. The second-order valence-corrected chi connectivity index (χ2v) is 7.07. The van der Waals surface area contributed by atoms with Crippen LogP contribution in [0, 0.1) is 11.3 Å². The summed E-state index contributed by atoms with van der Waals surface area (Å²) < 4.78 is 0. The number of piperazine rings is 1. The highest BCUT2D eigenvalue weighted by atomic mass is 32.1. The molecule has 0 spiro atoms. The van der Waals surface area contributed by atoms with Gasteiger partial charge < -0.3 is 10.6 Å². The van der Waals surface area contributed by atoms with Gasteiger partial charge in [-0.1, -0.05) is 0 Å². The van der Waals surface area contributed by atoms with Crippen molar-refractivity contribution in [2.24, 2.45) is 0 Å². The van der Waals surface area contributed by atoms with Crippen LogP contribution >= 0.6 is 11.3 Å². The highest BCUT2D eigenvalue weighted by Gasteiger charge is 2.34. The van der Waals surface area contributed by atoms with Gasteiger partial charge in [0.2, 0.25) is 0 Å². The fourth-order valence-corrected chi connectivity index (χ4v) is 4.13. The topological polar surface area (TPSA) is 56.3 Å². The Hall–Kier alpha value is -1.25. The lowest BCUT2D eigenvalue weighted by atomic mass is 10.1. The van der Waals surface area contributed by atoms with Crippen molar-refractivity contribution in [2.45, 2.75) is 38.6 Å². The van der Waals surface area contributed by atoms with E-state index in [0.717, 1.165) is 31.9 Å². The van der Waals surface area contributed by atoms with Crippen molar-refractivity contribution in [1.29, 1.82) is 5.26 Å². The molecule has 0 atom stereocenters. The van der Waals surface area contributed by atoms with E-state index >= 15 is 0 Å². The first-order chi connectivity index (χ1) is 9.61. The molecule has 1 aliphatic heterocycles. The molecule has 2 N–H and O–H groups in total. The van der Waals surface area contributed by atoms with Crippen molar-refractivity contribution >= 4 is 22.0 Å². The number of anilines is 2. The number of nitrogen functional groups attached to an aromatic ring is 1. The first-order valence-corrected chi connectivity index (χ1v) is 8.24. The van der Waals surface area contributed by atoms with Crippen LogP contribution < -0.4 is 10.6 Å². The molecule has 1 aromatic rings. The molecule has 0 unspecified atom stereocenters. The molecule has 5 heteroatoms. The summed E-state index contributed by atoms with van der Waals surface area (Å²) in [5.74, 6) is 0.603. The van der Waals surface area contributed by atoms with E-state index in [2.05, 4.69) is 29.7 Å². The Bertz CT molecular complexity index is 531. The lowest BCUT2D eigenvalue weighted by molar-refractivity contribution is 0.209. The standard InChI is InChI=1S/C15H22N4S/c1-10(2)18-5-7-19(8-6-18)15-13(11-3-4-11)14(17)12(9-16)20-15/h10-11H,3-8,17H2,1-2H3. The summed E-state index contributed by atoms with van der Waals surface area (Å²) in [5, 5.41) is 10.5. The van der Waals surface area contributed by atoms with Crippen molar-refractivity contribution in [3.63, 3.8) is 0 Å². The molecule has 1 aliphatic carbocycles. The summed E-state index contributed by atoms with van der Waals surface area (Å²) in [4.78, 5) is 5.65. The van der Waals surface area contributed by atoms with Crippen LogP contribution in [0.4, 0.5) is 10.7 Å². The van der Waals surface area contributed by atoms with Crippen LogP contribution in [0.15, 0.2) is 0 Å². The molecule has 2 heterocycles. The highest BCUT2D eigenvalue weighted by molar-refractivity contribution is 7.17. The molecule has 1 aromatic heterocycles. The monoisotopic (exact) mass is 290 g/mol. The summed E-state index contributed by atoms with van der Waals surface area (Å²) in [6.07, 6.45) is 2.45. The van der Waals surface area contributed by atoms with E-state index in [4.69, 9.17) is 5.73 Å². The number of nitriles is 1. The predicted molar refractivity (Wildman–Crippen MR) is 84.3 cm³/mol. The van der Waals surface area contributed by atoms with Crippen LogP contribution in [-0.2, 0) is 0 Å². The van der Waals surface area contributed by atoms with E-state index in [0.29, 0.717) is 16.8 Å². The van der Waals surface area contributed by atoms with Gasteiger partial charge in [0, 0.05) is 37.8 Å². The van der Waals surface area contributed by atoms with Gasteiger partial charge in [0.15, 0.2) is 0 Å². The Morgan fingerprint density at radius 1 is 1.25 bits per heavy atom. The van der Waals surface area contributed by atoms with Gasteiger partial charge in [-0.15, -0.1) is 11.3 Å². The summed E-state index contributed by atoms with van der Waals surface area (Å²) in [5.41, 5.74) is 8.21. The molecule has 108 valence electrons. The Morgan fingerprint density at radius 2 is 1.90 bits per heavy atom. The Morgan fingerprint density at radius 3 is 2.40 bits per heavy atom. The number of nitrogens with zero attached hydrogens (tertiary/aromatic N) is 3. The maximum absolute atomic E-state index is 9.23. The van der Waals surface area contributed by atoms with Gasteiger partial charge in [0.1, 0.15) is 10.9 Å². The van der Waals surface area contributed by atoms with Crippen molar-refractivity contribution in [1.82, 2.24) is 4.90 Å². The molecule has 2 fully saturated rings. The molecule has 1 saturated heterocycles.